The van der Waals surface area contributed by atoms with Gasteiger partial charge in [0.2, 0.25) is 0 Å². The number of hydrogen-bond acceptors (Lipinski definition) is 1. The fraction of sp³-hybridized carbons (Fsp3) is 0.500. The van der Waals surface area contributed by atoms with Crippen LogP contribution >= 0.6 is 0 Å². The van der Waals surface area contributed by atoms with E-state index in [4.69, 9.17) is 0 Å². The van der Waals surface area contributed by atoms with E-state index in [9.17, 15) is 4.79 Å². The summed E-state index contributed by atoms with van der Waals surface area (Å²) >= 11 is 0. The maximum atomic E-state index is 10.7. The van der Waals surface area contributed by atoms with E-state index >= 15 is 0 Å². The van der Waals surface area contributed by atoms with Crippen molar-refractivity contribution < 1.29 is 4.79 Å². The third-order valence-electron chi connectivity index (χ3n) is 2.57. The zero-order valence-electron chi connectivity index (χ0n) is 7.55. The molecule has 0 aromatic rings. The van der Waals surface area contributed by atoms with Crippen molar-refractivity contribution in [2.24, 2.45) is 10.8 Å². The Morgan fingerprint density at radius 2 is 1.55 bits per heavy atom. The van der Waals surface area contributed by atoms with E-state index in [1.165, 1.54) is 0 Å². The van der Waals surface area contributed by atoms with Crippen molar-refractivity contribution in [3.63, 3.8) is 0 Å². The molecule has 0 aromatic heterocycles. The van der Waals surface area contributed by atoms with Crippen molar-refractivity contribution in [2.75, 3.05) is 0 Å². The van der Waals surface area contributed by atoms with E-state index in [-0.39, 0.29) is 5.41 Å². The summed E-state index contributed by atoms with van der Waals surface area (Å²) in [5.41, 5.74) is -0.731. The minimum absolute atomic E-state index is 0.226. The van der Waals surface area contributed by atoms with Crippen LogP contribution in [-0.4, -0.2) is 6.29 Å². The first-order valence-electron chi connectivity index (χ1n) is 3.67. The Labute approximate surface area is 68.8 Å². The molecule has 1 atom stereocenters. The predicted molar refractivity (Wildman–Crippen MR) is 48.3 cm³/mol. The van der Waals surface area contributed by atoms with Crippen LogP contribution in [0.25, 0.3) is 0 Å². The topological polar surface area (TPSA) is 17.1 Å². The highest BCUT2D eigenvalue weighted by Gasteiger charge is 2.35. The van der Waals surface area contributed by atoms with Crippen LogP contribution in [0.15, 0.2) is 25.3 Å². The molecule has 0 fully saturated rings. The first-order valence-corrected chi connectivity index (χ1v) is 3.67. The van der Waals surface area contributed by atoms with Crippen molar-refractivity contribution in [1.82, 2.24) is 0 Å². The molecular weight excluding hydrogens is 136 g/mol. The molecule has 0 aromatic carbocycles. The highest BCUT2D eigenvalue weighted by molar-refractivity contribution is 5.64. The molecule has 0 aliphatic rings. The fourth-order valence-electron chi connectivity index (χ4n) is 0.683. The van der Waals surface area contributed by atoms with E-state index in [1.807, 2.05) is 20.8 Å². The SMILES string of the molecule is C=CC(C)(C)C(C)(C=C)C=O. The molecule has 0 radical (unpaired) electrons. The van der Waals surface area contributed by atoms with Gasteiger partial charge in [-0.1, -0.05) is 26.0 Å². The van der Waals surface area contributed by atoms with Crippen LogP contribution in [0, 0.1) is 10.8 Å². The largest absolute Gasteiger partial charge is 0.302 e. The highest BCUT2D eigenvalue weighted by atomic mass is 16.1. The first-order chi connectivity index (χ1) is 4.93. The minimum atomic E-state index is -0.505. The average molecular weight is 152 g/mol. The van der Waals surface area contributed by atoms with Crippen LogP contribution in [0.2, 0.25) is 0 Å². The standard InChI is InChI=1S/C10H16O/c1-6-9(3,4)10(5,7-2)8-11/h6-8H,1-2H2,3-5H3. The lowest BCUT2D eigenvalue weighted by Gasteiger charge is -2.34. The number of hydrogen-bond donors (Lipinski definition) is 0. The van der Waals surface area contributed by atoms with E-state index in [1.54, 1.807) is 12.2 Å². The van der Waals surface area contributed by atoms with Crippen molar-refractivity contribution in [3.8, 4) is 0 Å². The zero-order chi connectivity index (χ0) is 9.12. The Hall–Kier alpha value is -0.850. The Morgan fingerprint density at radius 1 is 1.09 bits per heavy atom. The second-order valence-electron chi connectivity index (χ2n) is 3.53. The lowest BCUT2D eigenvalue weighted by Crippen LogP contribution is -2.32. The molecule has 1 unspecified atom stereocenters. The summed E-state index contributed by atoms with van der Waals surface area (Å²) in [7, 11) is 0. The molecule has 1 nitrogen and oxygen atoms in total. The molecule has 11 heavy (non-hydrogen) atoms. The summed E-state index contributed by atoms with van der Waals surface area (Å²) in [5, 5.41) is 0. The molecule has 0 N–H and O–H groups in total. The van der Waals surface area contributed by atoms with Gasteiger partial charge in [0.25, 0.3) is 0 Å². The Kier molecular flexibility index (Phi) is 2.80. The van der Waals surface area contributed by atoms with Crippen molar-refractivity contribution in [1.29, 1.82) is 0 Å². The van der Waals surface area contributed by atoms with Gasteiger partial charge in [0, 0.05) is 5.41 Å². The van der Waals surface area contributed by atoms with Crippen molar-refractivity contribution in [3.05, 3.63) is 25.3 Å². The molecule has 0 heterocycles. The van der Waals surface area contributed by atoms with Crippen molar-refractivity contribution >= 4 is 6.29 Å². The average Bonchev–Trinajstić information content (AvgIpc) is 2.02. The van der Waals surface area contributed by atoms with E-state index in [2.05, 4.69) is 13.2 Å². The van der Waals surface area contributed by atoms with Gasteiger partial charge in [-0.25, -0.2) is 0 Å². The molecule has 0 aliphatic carbocycles. The van der Waals surface area contributed by atoms with Gasteiger partial charge < -0.3 is 4.79 Å². The van der Waals surface area contributed by atoms with E-state index in [0.29, 0.717) is 0 Å². The molecule has 0 spiro atoms. The van der Waals surface area contributed by atoms with E-state index in [0.717, 1.165) is 6.29 Å². The fourth-order valence-corrected chi connectivity index (χ4v) is 0.683. The van der Waals surface area contributed by atoms with Crippen LogP contribution < -0.4 is 0 Å². The summed E-state index contributed by atoms with van der Waals surface area (Å²) in [5.74, 6) is 0. The summed E-state index contributed by atoms with van der Waals surface area (Å²) in [4.78, 5) is 10.7. The number of allylic oxidation sites excluding steroid dienone is 2. The lowest BCUT2D eigenvalue weighted by molar-refractivity contribution is -0.116. The molecular formula is C10H16O. The third-order valence-corrected chi connectivity index (χ3v) is 2.57. The zero-order valence-corrected chi connectivity index (χ0v) is 7.55. The molecule has 0 amide bonds. The molecule has 0 rings (SSSR count). The molecule has 0 saturated carbocycles. The maximum Gasteiger partial charge on any atom is 0.130 e. The highest BCUT2D eigenvalue weighted by Crippen LogP contribution is 2.38. The van der Waals surface area contributed by atoms with Gasteiger partial charge >= 0.3 is 0 Å². The van der Waals surface area contributed by atoms with Crippen LogP contribution in [0.4, 0.5) is 0 Å². The number of carbonyl (C=O) groups excluding carboxylic acids is 1. The predicted octanol–water partition coefficient (Wildman–Crippen LogP) is 2.59. The Morgan fingerprint density at radius 3 is 1.64 bits per heavy atom. The number of aldehydes is 1. The Bertz CT molecular complexity index is 169. The molecule has 0 saturated heterocycles. The minimum Gasteiger partial charge on any atom is -0.302 e. The summed E-state index contributed by atoms with van der Waals surface area (Å²) < 4.78 is 0. The quantitative estimate of drug-likeness (QED) is 0.447. The van der Waals surface area contributed by atoms with Crippen LogP contribution in [-0.2, 0) is 4.79 Å². The smallest absolute Gasteiger partial charge is 0.130 e. The van der Waals surface area contributed by atoms with Gasteiger partial charge in [-0.05, 0) is 12.3 Å². The van der Waals surface area contributed by atoms with Gasteiger partial charge in [0.15, 0.2) is 0 Å². The van der Waals surface area contributed by atoms with Gasteiger partial charge in [-0.15, -0.1) is 13.2 Å². The van der Waals surface area contributed by atoms with Crippen LogP contribution in [0.5, 0.6) is 0 Å². The van der Waals surface area contributed by atoms with E-state index < -0.39 is 5.41 Å². The second-order valence-corrected chi connectivity index (χ2v) is 3.53. The first kappa shape index (κ1) is 10.2. The molecule has 0 bridgehead atoms. The van der Waals surface area contributed by atoms with Gasteiger partial charge in [-0.2, -0.15) is 0 Å². The third kappa shape index (κ3) is 1.59. The number of carbonyl (C=O) groups is 1. The van der Waals surface area contributed by atoms with Gasteiger partial charge in [-0.3, -0.25) is 0 Å². The van der Waals surface area contributed by atoms with Crippen LogP contribution in [0.3, 0.4) is 0 Å². The molecule has 1 heteroatoms. The van der Waals surface area contributed by atoms with Crippen LogP contribution in [0.1, 0.15) is 20.8 Å². The normalized spacial score (nSPS) is 16.6. The molecule has 0 aliphatic heterocycles. The van der Waals surface area contributed by atoms with Gasteiger partial charge in [0.1, 0.15) is 6.29 Å². The Balaban J connectivity index is 4.89. The van der Waals surface area contributed by atoms with Crippen molar-refractivity contribution in [2.45, 2.75) is 20.8 Å². The lowest BCUT2D eigenvalue weighted by atomic mass is 9.68. The van der Waals surface area contributed by atoms with Gasteiger partial charge in [0.05, 0.1) is 0 Å². The second kappa shape index (κ2) is 3.04. The maximum absolute atomic E-state index is 10.7. The monoisotopic (exact) mass is 152 g/mol. The summed E-state index contributed by atoms with van der Waals surface area (Å²) in [6, 6.07) is 0. The molecule has 62 valence electrons. The summed E-state index contributed by atoms with van der Waals surface area (Å²) in [6.07, 6.45) is 4.37. The summed E-state index contributed by atoms with van der Waals surface area (Å²) in [6.45, 7) is 13.1. The number of rotatable bonds is 4.